The van der Waals surface area contributed by atoms with Gasteiger partial charge in [0.2, 0.25) is 0 Å². The number of nitrogens with one attached hydrogen (secondary N) is 1. The predicted molar refractivity (Wildman–Crippen MR) is 119 cm³/mol. The maximum absolute atomic E-state index is 6.33. The molecule has 1 aliphatic heterocycles. The van der Waals surface area contributed by atoms with E-state index >= 15 is 0 Å². The van der Waals surface area contributed by atoms with Crippen molar-refractivity contribution in [2.75, 3.05) is 31.1 Å². The highest BCUT2D eigenvalue weighted by Gasteiger charge is 2.23. The minimum absolute atomic E-state index is 0.592. The topological polar surface area (TPSA) is 51.3 Å². The summed E-state index contributed by atoms with van der Waals surface area (Å²) in [6, 6.07) is 18.6. The minimum atomic E-state index is 0.592. The number of benzene rings is 2. The fourth-order valence-electron chi connectivity index (χ4n) is 4.13. The molecule has 3 heterocycles. The van der Waals surface area contributed by atoms with Gasteiger partial charge in [0.05, 0.1) is 44.3 Å². The lowest BCUT2D eigenvalue weighted by atomic mass is 10.2. The Kier molecular flexibility index (Phi) is 5.34. The van der Waals surface area contributed by atoms with Crippen LogP contribution in [0.5, 0.6) is 0 Å². The van der Waals surface area contributed by atoms with Crippen molar-refractivity contribution in [1.29, 1.82) is 0 Å². The molecule has 5 rings (SSSR count). The molecule has 4 aromatic rings. The van der Waals surface area contributed by atoms with E-state index in [4.69, 9.17) is 11.6 Å². The normalized spacial score (nSPS) is 15.0. The fourth-order valence-corrected chi connectivity index (χ4v) is 4.33. The lowest BCUT2D eigenvalue weighted by molar-refractivity contribution is -0.914. The molecule has 0 amide bonds. The number of rotatable bonds is 5. The first-order chi connectivity index (χ1) is 14.8. The van der Waals surface area contributed by atoms with Gasteiger partial charge in [0.25, 0.3) is 0 Å². The largest absolute Gasteiger partial charge is 0.345 e. The molecule has 30 heavy (non-hydrogen) atoms. The number of hydrogen-bond acceptors (Lipinski definition) is 4. The second-order valence-electron chi connectivity index (χ2n) is 7.73. The summed E-state index contributed by atoms with van der Waals surface area (Å²) in [5, 5.41) is 6.32. The van der Waals surface area contributed by atoms with Crippen LogP contribution in [0.1, 0.15) is 11.1 Å². The molecule has 152 valence electrons. The zero-order valence-electron chi connectivity index (χ0n) is 16.7. The number of halogens is 1. The molecule has 0 aliphatic carbocycles. The third-order valence-electron chi connectivity index (χ3n) is 5.76. The Morgan fingerprint density at radius 1 is 0.933 bits per heavy atom. The molecule has 1 saturated heterocycles. The zero-order valence-corrected chi connectivity index (χ0v) is 17.5. The molecule has 0 spiro atoms. The first-order valence-corrected chi connectivity index (χ1v) is 10.7. The van der Waals surface area contributed by atoms with E-state index in [9.17, 15) is 0 Å². The summed E-state index contributed by atoms with van der Waals surface area (Å²) >= 11 is 6.33. The highest BCUT2D eigenvalue weighted by Crippen LogP contribution is 2.24. The monoisotopic (exact) mass is 419 g/mol. The van der Waals surface area contributed by atoms with Crippen molar-refractivity contribution in [1.82, 2.24) is 19.7 Å². The van der Waals surface area contributed by atoms with E-state index in [1.165, 1.54) is 5.56 Å². The number of quaternary nitrogens is 1. The first kappa shape index (κ1) is 19.0. The van der Waals surface area contributed by atoms with Gasteiger partial charge in [0.15, 0.2) is 5.65 Å². The van der Waals surface area contributed by atoms with E-state index in [1.54, 1.807) is 11.2 Å². The van der Waals surface area contributed by atoms with Crippen LogP contribution in [-0.2, 0) is 13.1 Å². The predicted octanol–water partition coefficient (Wildman–Crippen LogP) is 2.43. The first-order valence-electron chi connectivity index (χ1n) is 10.3. The van der Waals surface area contributed by atoms with Crippen LogP contribution in [0.3, 0.4) is 0 Å². The van der Waals surface area contributed by atoms with Crippen molar-refractivity contribution in [3.05, 3.63) is 83.3 Å². The second-order valence-corrected chi connectivity index (χ2v) is 8.13. The second kappa shape index (κ2) is 8.42. The number of anilines is 1. The Morgan fingerprint density at radius 3 is 2.50 bits per heavy atom. The van der Waals surface area contributed by atoms with Crippen LogP contribution in [0.25, 0.3) is 11.0 Å². The van der Waals surface area contributed by atoms with Crippen LogP contribution in [0.15, 0.2) is 67.1 Å². The minimum Gasteiger partial charge on any atom is -0.345 e. The van der Waals surface area contributed by atoms with Gasteiger partial charge in [-0.2, -0.15) is 5.10 Å². The van der Waals surface area contributed by atoms with Gasteiger partial charge >= 0.3 is 0 Å². The summed E-state index contributed by atoms with van der Waals surface area (Å²) < 4.78 is 1.90. The van der Waals surface area contributed by atoms with Gasteiger partial charge in [-0.05, 0) is 11.6 Å². The molecule has 2 aromatic heterocycles. The molecule has 0 unspecified atom stereocenters. The molecule has 0 atom stereocenters. The number of fused-ring (bicyclic) bond motifs is 1. The van der Waals surface area contributed by atoms with E-state index in [2.05, 4.69) is 50.3 Å². The van der Waals surface area contributed by atoms with Crippen LogP contribution in [-0.4, -0.2) is 45.9 Å². The number of aromatic nitrogens is 4. The smallest absolute Gasteiger partial charge is 0.163 e. The van der Waals surface area contributed by atoms with Gasteiger partial charge in [-0.15, -0.1) is 0 Å². The van der Waals surface area contributed by atoms with Crippen molar-refractivity contribution >= 4 is 28.5 Å². The average Bonchev–Trinajstić information content (AvgIpc) is 3.20. The molecule has 0 radical (unpaired) electrons. The number of nitrogens with zero attached hydrogens (tertiary/aromatic N) is 5. The number of hydrogen-bond donors (Lipinski definition) is 1. The van der Waals surface area contributed by atoms with E-state index in [0.717, 1.165) is 60.2 Å². The van der Waals surface area contributed by atoms with E-state index in [0.29, 0.717) is 6.54 Å². The molecule has 1 aliphatic rings. The van der Waals surface area contributed by atoms with Crippen LogP contribution in [0, 0.1) is 0 Å². The Hall–Kier alpha value is -2.96. The van der Waals surface area contributed by atoms with E-state index < -0.39 is 0 Å². The highest BCUT2D eigenvalue weighted by atomic mass is 35.5. The van der Waals surface area contributed by atoms with Gasteiger partial charge in [0.1, 0.15) is 18.7 Å². The van der Waals surface area contributed by atoms with Crippen molar-refractivity contribution < 1.29 is 4.90 Å². The van der Waals surface area contributed by atoms with Gasteiger partial charge in [-0.3, -0.25) is 0 Å². The summed E-state index contributed by atoms with van der Waals surface area (Å²) in [6.07, 6.45) is 3.52. The maximum atomic E-state index is 6.33. The quantitative estimate of drug-likeness (QED) is 0.540. The summed E-state index contributed by atoms with van der Waals surface area (Å²) in [4.78, 5) is 13.1. The average molecular weight is 420 g/mol. The third kappa shape index (κ3) is 3.88. The van der Waals surface area contributed by atoms with Crippen molar-refractivity contribution in [2.24, 2.45) is 0 Å². The Morgan fingerprint density at radius 2 is 1.70 bits per heavy atom. The summed E-state index contributed by atoms with van der Waals surface area (Å²) in [5.74, 6) is 0.976. The molecule has 1 fully saturated rings. The Balaban J connectivity index is 1.32. The molecular formula is C23H24ClN6+. The van der Waals surface area contributed by atoms with Gasteiger partial charge < -0.3 is 9.80 Å². The van der Waals surface area contributed by atoms with Crippen LogP contribution in [0.2, 0.25) is 5.02 Å². The molecule has 0 saturated carbocycles. The van der Waals surface area contributed by atoms with Crippen molar-refractivity contribution in [3.8, 4) is 0 Å². The maximum Gasteiger partial charge on any atom is 0.163 e. The van der Waals surface area contributed by atoms with Crippen molar-refractivity contribution in [2.45, 2.75) is 13.1 Å². The highest BCUT2D eigenvalue weighted by molar-refractivity contribution is 6.31. The zero-order chi connectivity index (χ0) is 20.3. The lowest BCUT2D eigenvalue weighted by Crippen LogP contribution is -3.13. The van der Waals surface area contributed by atoms with E-state index in [-0.39, 0.29) is 0 Å². The molecule has 1 N–H and O–H groups in total. The molecule has 6 nitrogen and oxygen atoms in total. The fraction of sp³-hybridized carbons (Fsp3) is 0.261. The van der Waals surface area contributed by atoms with Crippen LogP contribution >= 0.6 is 11.6 Å². The molecule has 0 bridgehead atoms. The molecule has 7 heteroatoms. The van der Waals surface area contributed by atoms with Crippen LogP contribution in [0.4, 0.5) is 5.82 Å². The SMILES string of the molecule is Clc1ccccc1Cn1ncc2c(N3CC[NH+](Cc4ccccc4)CC3)ncnc21. The summed E-state index contributed by atoms with van der Waals surface area (Å²) in [7, 11) is 0. The van der Waals surface area contributed by atoms with Gasteiger partial charge in [-0.25, -0.2) is 14.6 Å². The molecule has 2 aromatic carbocycles. The Bertz CT molecular complexity index is 1130. The van der Waals surface area contributed by atoms with Gasteiger partial charge in [0, 0.05) is 10.6 Å². The molecular weight excluding hydrogens is 396 g/mol. The van der Waals surface area contributed by atoms with Gasteiger partial charge in [-0.1, -0.05) is 60.1 Å². The third-order valence-corrected chi connectivity index (χ3v) is 6.13. The lowest BCUT2D eigenvalue weighted by Gasteiger charge is -2.33. The van der Waals surface area contributed by atoms with E-state index in [1.807, 2.05) is 35.1 Å². The van der Waals surface area contributed by atoms with Crippen LogP contribution < -0.4 is 9.80 Å². The van der Waals surface area contributed by atoms with Crippen molar-refractivity contribution in [3.63, 3.8) is 0 Å². The number of piperazine rings is 1. The standard InChI is InChI=1S/C23H23ClN6/c24-21-9-5-4-8-19(21)16-30-23-20(14-27-30)22(25-17-26-23)29-12-10-28(11-13-29)15-18-6-2-1-3-7-18/h1-9,14,17H,10-13,15-16H2/p+1. The Labute approximate surface area is 180 Å². The summed E-state index contributed by atoms with van der Waals surface area (Å²) in [6.45, 7) is 5.80. The summed E-state index contributed by atoms with van der Waals surface area (Å²) in [5.41, 5.74) is 3.27.